The van der Waals surface area contributed by atoms with Gasteiger partial charge in [0.05, 0.1) is 27.3 Å². The first-order chi connectivity index (χ1) is 9.16. The Morgan fingerprint density at radius 2 is 1.58 bits per heavy atom. The Labute approximate surface area is 127 Å². The van der Waals surface area contributed by atoms with Crippen LogP contribution in [0.15, 0.2) is 42.5 Å². The molecule has 2 aromatic carbocycles. The zero-order chi connectivity index (χ0) is 13.7. The zero-order valence-corrected chi connectivity index (χ0v) is 12.2. The third kappa shape index (κ3) is 4.08. The molecule has 0 spiro atoms. The molecule has 0 unspecified atom stereocenters. The van der Waals surface area contributed by atoms with Crippen molar-refractivity contribution in [2.45, 2.75) is 0 Å². The quantitative estimate of drug-likeness (QED) is 0.600. The number of hydrogen-bond acceptors (Lipinski definition) is 1. The monoisotopic (exact) mass is 309 g/mol. The van der Waals surface area contributed by atoms with Gasteiger partial charge in [0.2, 0.25) is 0 Å². The van der Waals surface area contributed by atoms with E-state index in [4.69, 9.17) is 34.8 Å². The lowest BCUT2D eigenvalue weighted by Gasteiger charge is -2.06. The van der Waals surface area contributed by atoms with Crippen molar-refractivity contribution >= 4 is 40.5 Å². The van der Waals surface area contributed by atoms with Crippen molar-refractivity contribution in [3.63, 3.8) is 0 Å². The lowest BCUT2D eigenvalue weighted by atomic mass is 10.2. The highest BCUT2D eigenvalue weighted by Gasteiger charge is 2.04. The molecule has 0 aliphatic rings. The summed E-state index contributed by atoms with van der Waals surface area (Å²) in [5, 5.41) is 4.53. The summed E-state index contributed by atoms with van der Waals surface area (Å²) in [6, 6.07) is 13.1. The fraction of sp³-hybridized carbons (Fsp3) is 0.0667. The van der Waals surface area contributed by atoms with Crippen LogP contribution in [-0.4, -0.2) is 6.54 Å². The van der Waals surface area contributed by atoms with E-state index in [9.17, 15) is 0 Å². The van der Waals surface area contributed by atoms with Crippen LogP contribution in [-0.2, 0) is 0 Å². The SMILES string of the molecule is Clc1cc(Cl)c(NCC#Cc2ccccc2)cc1Cl. The molecular formula is C15H10Cl3N. The molecule has 0 saturated carbocycles. The van der Waals surface area contributed by atoms with E-state index in [2.05, 4.69) is 17.2 Å². The van der Waals surface area contributed by atoms with E-state index in [0.717, 1.165) is 11.3 Å². The van der Waals surface area contributed by atoms with Crippen molar-refractivity contribution < 1.29 is 0 Å². The van der Waals surface area contributed by atoms with Gasteiger partial charge in [-0.1, -0.05) is 64.8 Å². The third-order valence-corrected chi connectivity index (χ3v) is 3.42. The predicted octanol–water partition coefficient (Wildman–Crippen LogP) is 5.11. The van der Waals surface area contributed by atoms with Gasteiger partial charge in [0.15, 0.2) is 0 Å². The second-order valence-electron chi connectivity index (χ2n) is 3.77. The number of anilines is 1. The van der Waals surface area contributed by atoms with Crippen LogP contribution in [0.2, 0.25) is 15.1 Å². The molecule has 0 aliphatic heterocycles. The smallest absolute Gasteiger partial charge is 0.0770 e. The molecule has 0 aromatic heterocycles. The van der Waals surface area contributed by atoms with Crippen LogP contribution in [0, 0.1) is 11.8 Å². The van der Waals surface area contributed by atoms with Crippen LogP contribution < -0.4 is 5.32 Å². The van der Waals surface area contributed by atoms with Gasteiger partial charge in [-0.2, -0.15) is 0 Å². The molecule has 1 nitrogen and oxygen atoms in total. The van der Waals surface area contributed by atoms with E-state index in [1.54, 1.807) is 12.1 Å². The maximum absolute atomic E-state index is 6.04. The van der Waals surface area contributed by atoms with Crippen molar-refractivity contribution in [1.29, 1.82) is 0 Å². The Kier molecular flexibility index (Phi) is 4.99. The van der Waals surface area contributed by atoms with E-state index < -0.39 is 0 Å². The minimum absolute atomic E-state index is 0.438. The van der Waals surface area contributed by atoms with Gasteiger partial charge < -0.3 is 5.32 Å². The summed E-state index contributed by atoms with van der Waals surface area (Å²) in [6.45, 7) is 0.479. The first kappa shape index (κ1) is 14.1. The van der Waals surface area contributed by atoms with Crippen molar-refractivity contribution in [3.8, 4) is 11.8 Å². The fourth-order valence-corrected chi connectivity index (χ4v) is 2.08. The summed E-state index contributed by atoms with van der Waals surface area (Å²) in [5.74, 6) is 6.06. The maximum atomic E-state index is 6.04. The summed E-state index contributed by atoms with van der Waals surface area (Å²) in [7, 11) is 0. The normalized spacial score (nSPS) is 9.63. The van der Waals surface area contributed by atoms with E-state index in [-0.39, 0.29) is 0 Å². The third-order valence-electron chi connectivity index (χ3n) is 2.38. The van der Waals surface area contributed by atoms with Crippen LogP contribution in [0.1, 0.15) is 5.56 Å². The summed E-state index contributed by atoms with van der Waals surface area (Å²) >= 11 is 17.8. The predicted molar refractivity (Wildman–Crippen MR) is 83.3 cm³/mol. The van der Waals surface area contributed by atoms with Gasteiger partial charge in [-0.15, -0.1) is 0 Å². The van der Waals surface area contributed by atoms with Crippen LogP contribution >= 0.6 is 34.8 Å². The van der Waals surface area contributed by atoms with E-state index >= 15 is 0 Å². The summed E-state index contributed by atoms with van der Waals surface area (Å²) < 4.78 is 0. The number of nitrogens with one attached hydrogen (secondary N) is 1. The highest BCUT2D eigenvalue weighted by atomic mass is 35.5. The largest absolute Gasteiger partial charge is 0.373 e. The van der Waals surface area contributed by atoms with Gasteiger partial charge >= 0.3 is 0 Å². The topological polar surface area (TPSA) is 12.0 Å². The molecule has 0 bridgehead atoms. The fourth-order valence-electron chi connectivity index (χ4n) is 1.47. The minimum atomic E-state index is 0.438. The van der Waals surface area contributed by atoms with Gasteiger partial charge in [0.1, 0.15) is 0 Å². The molecule has 0 atom stereocenters. The van der Waals surface area contributed by atoms with E-state index in [1.807, 2.05) is 30.3 Å². The van der Waals surface area contributed by atoms with Crippen LogP contribution in [0.3, 0.4) is 0 Å². The first-order valence-corrected chi connectivity index (χ1v) is 6.72. The van der Waals surface area contributed by atoms with Crippen LogP contribution in [0.25, 0.3) is 0 Å². The second-order valence-corrected chi connectivity index (χ2v) is 4.99. The van der Waals surface area contributed by atoms with E-state index in [1.165, 1.54) is 0 Å². The van der Waals surface area contributed by atoms with Gasteiger partial charge in [0.25, 0.3) is 0 Å². The summed E-state index contributed by atoms with van der Waals surface area (Å²) in [6.07, 6.45) is 0. The molecule has 96 valence electrons. The Hall–Kier alpha value is -1.33. The highest BCUT2D eigenvalue weighted by molar-refractivity contribution is 6.44. The molecule has 2 rings (SSSR count). The lowest BCUT2D eigenvalue weighted by Crippen LogP contribution is -1.99. The van der Waals surface area contributed by atoms with Gasteiger partial charge in [0, 0.05) is 5.56 Å². The molecule has 4 heteroatoms. The van der Waals surface area contributed by atoms with Crippen molar-refractivity contribution in [1.82, 2.24) is 0 Å². The van der Waals surface area contributed by atoms with Crippen molar-refractivity contribution in [2.24, 2.45) is 0 Å². The Morgan fingerprint density at radius 1 is 0.895 bits per heavy atom. The first-order valence-electron chi connectivity index (χ1n) is 5.59. The second kappa shape index (κ2) is 6.73. The number of benzene rings is 2. The number of rotatable bonds is 2. The molecule has 19 heavy (non-hydrogen) atoms. The van der Waals surface area contributed by atoms with Gasteiger partial charge in [-0.05, 0) is 24.3 Å². The lowest BCUT2D eigenvalue weighted by molar-refractivity contribution is 1.38. The molecule has 0 radical (unpaired) electrons. The molecule has 1 N–H and O–H groups in total. The number of hydrogen-bond donors (Lipinski definition) is 1. The van der Waals surface area contributed by atoms with E-state index in [0.29, 0.717) is 21.6 Å². The number of halogens is 3. The van der Waals surface area contributed by atoms with Crippen LogP contribution in [0.5, 0.6) is 0 Å². The molecule has 0 heterocycles. The average Bonchev–Trinajstić information content (AvgIpc) is 2.41. The average molecular weight is 311 g/mol. The van der Waals surface area contributed by atoms with Crippen molar-refractivity contribution in [3.05, 3.63) is 63.1 Å². The maximum Gasteiger partial charge on any atom is 0.0770 e. The molecule has 0 amide bonds. The van der Waals surface area contributed by atoms with Gasteiger partial charge in [-0.3, -0.25) is 0 Å². The Bertz CT molecular complexity index is 627. The summed E-state index contributed by atoms with van der Waals surface area (Å²) in [5.41, 5.74) is 1.70. The Morgan fingerprint density at radius 3 is 2.32 bits per heavy atom. The molecule has 0 fully saturated rings. The molecular weight excluding hydrogens is 301 g/mol. The zero-order valence-electron chi connectivity index (χ0n) is 9.88. The van der Waals surface area contributed by atoms with Gasteiger partial charge in [-0.25, -0.2) is 0 Å². The molecule has 0 saturated heterocycles. The summed E-state index contributed by atoms with van der Waals surface area (Å²) in [4.78, 5) is 0. The Balaban J connectivity index is 2.01. The minimum Gasteiger partial charge on any atom is -0.373 e. The molecule has 0 aliphatic carbocycles. The molecule has 2 aromatic rings. The van der Waals surface area contributed by atoms with Crippen molar-refractivity contribution in [2.75, 3.05) is 11.9 Å². The standard InChI is InChI=1S/C15H10Cl3N/c16-12-9-14(18)15(10-13(12)17)19-8-4-7-11-5-2-1-3-6-11/h1-3,5-6,9-10,19H,8H2. The highest BCUT2D eigenvalue weighted by Crippen LogP contribution is 2.31. The van der Waals surface area contributed by atoms with Crippen LogP contribution in [0.4, 0.5) is 5.69 Å².